The van der Waals surface area contributed by atoms with Crippen molar-refractivity contribution in [2.75, 3.05) is 19.5 Å². The molecule has 0 N–H and O–H groups in total. The molecule has 1 atom stereocenters. The molecule has 60 valence electrons. The molecule has 0 radical (unpaired) electrons. The zero-order chi connectivity index (χ0) is 7.61. The Hall–Kier alpha value is -0.0900. The first-order valence-electron chi connectivity index (χ1n) is 3.37. The smallest absolute Gasteiger partial charge is 0.152 e. The zero-order valence-corrected chi connectivity index (χ0v) is 6.86. The summed E-state index contributed by atoms with van der Waals surface area (Å²) in [5.74, 6) is 0. The summed E-state index contributed by atoms with van der Waals surface area (Å²) in [7, 11) is -2.85. The molecule has 0 aromatic heterocycles. The summed E-state index contributed by atoms with van der Waals surface area (Å²) in [4.78, 5) is 0. The van der Waals surface area contributed by atoms with Crippen molar-refractivity contribution in [3.63, 3.8) is 0 Å². The van der Waals surface area contributed by atoms with Gasteiger partial charge in [0.05, 0.1) is 11.9 Å². The molecule has 1 aliphatic rings. The Kier molecular flexibility index (Phi) is 2.31. The third-order valence-electron chi connectivity index (χ3n) is 1.72. The van der Waals surface area contributed by atoms with Crippen molar-refractivity contribution in [2.45, 2.75) is 18.1 Å². The van der Waals surface area contributed by atoms with Crippen molar-refractivity contribution in [3.8, 4) is 0 Å². The van der Waals surface area contributed by atoms with Crippen molar-refractivity contribution in [1.29, 1.82) is 0 Å². The molecular formula is C6H12O3S. The van der Waals surface area contributed by atoms with Crippen LogP contribution in [0.1, 0.15) is 12.8 Å². The van der Waals surface area contributed by atoms with Crippen LogP contribution in [0.25, 0.3) is 0 Å². The van der Waals surface area contributed by atoms with Gasteiger partial charge < -0.3 is 4.74 Å². The highest BCUT2D eigenvalue weighted by Crippen LogP contribution is 2.12. The van der Waals surface area contributed by atoms with E-state index in [0.29, 0.717) is 13.2 Å². The first-order valence-corrected chi connectivity index (χ1v) is 5.33. The third-order valence-corrected chi connectivity index (χ3v) is 3.31. The molecule has 0 aromatic carbocycles. The summed E-state index contributed by atoms with van der Waals surface area (Å²) in [6.07, 6.45) is 2.91. The SMILES string of the molecule is CS(=O)(=O)C1CCCOC1. The second-order valence-electron chi connectivity index (χ2n) is 2.67. The molecule has 0 amide bonds. The third kappa shape index (κ3) is 1.95. The molecule has 1 aliphatic heterocycles. The Labute approximate surface area is 61.3 Å². The van der Waals surface area contributed by atoms with E-state index in [-0.39, 0.29) is 5.25 Å². The van der Waals surface area contributed by atoms with E-state index in [0.717, 1.165) is 12.8 Å². The maximum atomic E-state index is 10.9. The van der Waals surface area contributed by atoms with Gasteiger partial charge in [-0.05, 0) is 12.8 Å². The molecule has 0 aromatic rings. The Bertz CT molecular complexity index is 189. The molecule has 1 heterocycles. The largest absolute Gasteiger partial charge is 0.380 e. The van der Waals surface area contributed by atoms with Gasteiger partial charge in [0.2, 0.25) is 0 Å². The zero-order valence-electron chi connectivity index (χ0n) is 6.04. The van der Waals surface area contributed by atoms with Crippen LogP contribution in [-0.4, -0.2) is 33.1 Å². The van der Waals surface area contributed by atoms with E-state index < -0.39 is 9.84 Å². The van der Waals surface area contributed by atoms with E-state index >= 15 is 0 Å². The van der Waals surface area contributed by atoms with Crippen LogP contribution >= 0.6 is 0 Å². The molecule has 4 heteroatoms. The lowest BCUT2D eigenvalue weighted by atomic mass is 10.2. The summed E-state index contributed by atoms with van der Waals surface area (Å²) in [6.45, 7) is 1.10. The Balaban J connectivity index is 2.56. The fraction of sp³-hybridized carbons (Fsp3) is 1.00. The van der Waals surface area contributed by atoms with Gasteiger partial charge in [-0.2, -0.15) is 0 Å². The average molecular weight is 164 g/mol. The first kappa shape index (κ1) is 8.01. The molecule has 10 heavy (non-hydrogen) atoms. The van der Waals surface area contributed by atoms with Crippen molar-refractivity contribution in [1.82, 2.24) is 0 Å². The van der Waals surface area contributed by atoms with Gasteiger partial charge in [-0.25, -0.2) is 8.42 Å². The number of hydrogen-bond acceptors (Lipinski definition) is 3. The number of rotatable bonds is 1. The number of sulfone groups is 1. The Morgan fingerprint density at radius 3 is 2.50 bits per heavy atom. The minimum absolute atomic E-state index is 0.249. The van der Waals surface area contributed by atoms with Gasteiger partial charge in [-0.15, -0.1) is 0 Å². The van der Waals surface area contributed by atoms with Gasteiger partial charge in [0.25, 0.3) is 0 Å². The van der Waals surface area contributed by atoms with E-state index in [1.807, 2.05) is 0 Å². The summed E-state index contributed by atoms with van der Waals surface area (Å²) in [5.41, 5.74) is 0. The van der Waals surface area contributed by atoms with E-state index in [4.69, 9.17) is 4.74 Å². The van der Waals surface area contributed by atoms with Gasteiger partial charge in [0, 0.05) is 12.9 Å². The Morgan fingerprint density at radius 1 is 1.50 bits per heavy atom. The number of hydrogen-bond donors (Lipinski definition) is 0. The number of ether oxygens (including phenoxy) is 1. The molecule has 1 unspecified atom stereocenters. The Morgan fingerprint density at radius 2 is 2.20 bits per heavy atom. The lowest BCUT2D eigenvalue weighted by Gasteiger charge is -2.19. The van der Waals surface area contributed by atoms with Crippen LogP contribution in [0.5, 0.6) is 0 Å². The molecule has 0 spiro atoms. The van der Waals surface area contributed by atoms with Crippen LogP contribution in [0, 0.1) is 0 Å². The van der Waals surface area contributed by atoms with Gasteiger partial charge in [-0.3, -0.25) is 0 Å². The highest BCUT2D eigenvalue weighted by molar-refractivity contribution is 7.91. The van der Waals surface area contributed by atoms with Crippen LogP contribution in [0.2, 0.25) is 0 Å². The first-order chi connectivity index (χ1) is 4.61. The van der Waals surface area contributed by atoms with Gasteiger partial charge in [-0.1, -0.05) is 0 Å². The summed E-state index contributed by atoms with van der Waals surface area (Å²) in [6, 6.07) is 0. The lowest BCUT2D eigenvalue weighted by Crippen LogP contribution is -2.29. The average Bonchev–Trinajstić information content (AvgIpc) is 1.88. The molecule has 3 nitrogen and oxygen atoms in total. The second kappa shape index (κ2) is 2.88. The van der Waals surface area contributed by atoms with E-state index in [9.17, 15) is 8.42 Å². The standard InChI is InChI=1S/C6H12O3S/c1-10(7,8)6-3-2-4-9-5-6/h6H,2-5H2,1H3. The molecule has 1 rings (SSSR count). The molecule has 1 saturated heterocycles. The van der Waals surface area contributed by atoms with Gasteiger partial charge in [0.1, 0.15) is 0 Å². The minimum atomic E-state index is -2.85. The highest BCUT2D eigenvalue weighted by atomic mass is 32.2. The second-order valence-corrected chi connectivity index (χ2v) is 4.99. The molecule has 1 fully saturated rings. The topological polar surface area (TPSA) is 43.4 Å². The summed E-state index contributed by atoms with van der Waals surface area (Å²) in [5, 5.41) is -0.249. The van der Waals surface area contributed by atoms with Crippen LogP contribution in [-0.2, 0) is 14.6 Å². The molecule has 0 saturated carbocycles. The quantitative estimate of drug-likeness (QED) is 0.556. The van der Waals surface area contributed by atoms with E-state index in [1.165, 1.54) is 6.26 Å². The van der Waals surface area contributed by atoms with Crippen molar-refractivity contribution in [3.05, 3.63) is 0 Å². The predicted molar refractivity (Wildman–Crippen MR) is 38.7 cm³/mol. The van der Waals surface area contributed by atoms with Gasteiger partial charge in [0.15, 0.2) is 9.84 Å². The van der Waals surface area contributed by atoms with Crippen LogP contribution in [0.4, 0.5) is 0 Å². The van der Waals surface area contributed by atoms with Crippen molar-refractivity contribution in [2.24, 2.45) is 0 Å². The molecule has 0 aliphatic carbocycles. The van der Waals surface area contributed by atoms with Crippen LogP contribution < -0.4 is 0 Å². The van der Waals surface area contributed by atoms with Crippen LogP contribution in [0.3, 0.4) is 0 Å². The van der Waals surface area contributed by atoms with E-state index in [2.05, 4.69) is 0 Å². The summed E-state index contributed by atoms with van der Waals surface area (Å²) < 4.78 is 26.8. The fourth-order valence-corrected chi connectivity index (χ4v) is 1.99. The monoisotopic (exact) mass is 164 g/mol. The van der Waals surface area contributed by atoms with Crippen LogP contribution in [0.15, 0.2) is 0 Å². The van der Waals surface area contributed by atoms with Gasteiger partial charge >= 0.3 is 0 Å². The summed E-state index contributed by atoms with van der Waals surface area (Å²) >= 11 is 0. The minimum Gasteiger partial charge on any atom is -0.380 e. The highest BCUT2D eigenvalue weighted by Gasteiger charge is 2.23. The van der Waals surface area contributed by atoms with Crippen molar-refractivity contribution < 1.29 is 13.2 Å². The van der Waals surface area contributed by atoms with E-state index in [1.54, 1.807) is 0 Å². The van der Waals surface area contributed by atoms with Crippen molar-refractivity contribution >= 4 is 9.84 Å². The maximum absolute atomic E-state index is 10.9. The lowest BCUT2D eigenvalue weighted by molar-refractivity contribution is 0.0993. The predicted octanol–water partition coefficient (Wildman–Crippen LogP) is 0.210. The normalized spacial score (nSPS) is 28.3. The molecular weight excluding hydrogens is 152 g/mol. The fourth-order valence-electron chi connectivity index (χ4n) is 1.05. The molecule has 0 bridgehead atoms. The maximum Gasteiger partial charge on any atom is 0.152 e.